The quantitative estimate of drug-likeness (QED) is 0.786. The number of rotatable bonds is 4. The molecule has 1 aromatic rings. The molecular formula is C19H27F2NO. The Labute approximate surface area is 137 Å². The molecule has 0 aromatic heterocycles. The Kier molecular flexibility index (Phi) is 5.65. The highest BCUT2D eigenvalue weighted by Gasteiger charge is 2.27. The zero-order valence-corrected chi connectivity index (χ0v) is 13.9. The molecule has 0 amide bonds. The summed E-state index contributed by atoms with van der Waals surface area (Å²) in [6, 6.07) is 3.87. The van der Waals surface area contributed by atoms with Gasteiger partial charge in [-0.2, -0.15) is 0 Å². The van der Waals surface area contributed by atoms with E-state index in [9.17, 15) is 8.78 Å². The lowest BCUT2D eigenvalue weighted by Gasteiger charge is -2.38. The third-order valence-electron chi connectivity index (χ3n) is 5.37. The van der Waals surface area contributed by atoms with Gasteiger partial charge in [-0.3, -0.25) is 4.90 Å². The Bertz CT molecular complexity index is 508. The molecule has 1 saturated heterocycles. The first-order chi connectivity index (χ1) is 11.1. The van der Waals surface area contributed by atoms with Crippen molar-refractivity contribution in [1.29, 1.82) is 0 Å². The summed E-state index contributed by atoms with van der Waals surface area (Å²) in [4.78, 5) is 2.27. The van der Waals surface area contributed by atoms with E-state index in [4.69, 9.17) is 4.74 Å². The summed E-state index contributed by atoms with van der Waals surface area (Å²) in [6.45, 7) is 3.82. The number of nitrogens with zero attached hydrogens (tertiary/aromatic N) is 1. The van der Waals surface area contributed by atoms with Gasteiger partial charge in [-0.1, -0.05) is 25.3 Å². The average Bonchev–Trinajstić information content (AvgIpc) is 2.56. The van der Waals surface area contributed by atoms with Crippen molar-refractivity contribution in [2.75, 3.05) is 13.1 Å². The van der Waals surface area contributed by atoms with Gasteiger partial charge in [0.05, 0.1) is 12.2 Å². The lowest BCUT2D eigenvalue weighted by Crippen LogP contribution is -2.40. The summed E-state index contributed by atoms with van der Waals surface area (Å²) >= 11 is 0. The number of halogens is 2. The van der Waals surface area contributed by atoms with Crippen LogP contribution in [0.3, 0.4) is 0 Å². The number of piperidine rings is 1. The topological polar surface area (TPSA) is 12.5 Å². The van der Waals surface area contributed by atoms with Gasteiger partial charge >= 0.3 is 0 Å². The Hall–Kier alpha value is -1.00. The zero-order valence-electron chi connectivity index (χ0n) is 13.9. The highest BCUT2D eigenvalue weighted by Crippen LogP contribution is 2.29. The summed E-state index contributed by atoms with van der Waals surface area (Å²) < 4.78 is 33.3. The monoisotopic (exact) mass is 323 g/mol. The summed E-state index contributed by atoms with van der Waals surface area (Å²) in [7, 11) is 0. The normalized spacial score (nSPS) is 23.1. The molecule has 0 spiro atoms. The van der Waals surface area contributed by atoms with Crippen LogP contribution in [0.5, 0.6) is 0 Å². The molecule has 2 aliphatic rings. The van der Waals surface area contributed by atoms with Gasteiger partial charge in [0, 0.05) is 30.8 Å². The molecule has 2 nitrogen and oxygen atoms in total. The van der Waals surface area contributed by atoms with Crippen molar-refractivity contribution in [1.82, 2.24) is 4.90 Å². The Morgan fingerprint density at radius 3 is 2.30 bits per heavy atom. The second-order valence-electron chi connectivity index (χ2n) is 6.97. The smallest absolute Gasteiger partial charge is 0.130 e. The highest BCUT2D eigenvalue weighted by atomic mass is 19.1. The van der Waals surface area contributed by atoms with Crippen molar-refractivity contribution < 1.29 is 13.5 Å². The first-order valence-electron chi connectivity index (χ1n) is 8.98. The fourth-order valence-electron chi connectivity index (χ4n) is 3.91. The lowest BCUT2D eigenvalue weighted by molar-refractivity contribution is -0.0597. The summed E-state index contributed by atoms with van der Waals surface area (Å²) in [5.41, 5.74) is 0.582. The van der Waals surface area contributed by atoms with E-state index in [-0.39, 0.29) is 6.04 Å². The number of hydrogen-bond acceptors (Lipinski definition) is 2. The minimum atomic E-state index is -0.516. The molecule has 0 bridgehead atoms. The summed E-state index contributed by atoms with van der Waals surface area (Å²) in [6.07, 6.45) is 9.16. The molecule has 3 rings (SSSR count). The maximum absolute atomic E-state index is 14.0. The predicted octanol–water partition coefficient (Wildman–Crippen LogP) is 4.84. The van der Waals surface area contributed by atoms with E-state index in [1.807, 2.05) is 6.92 Å². The van der Waals surface area contributed by atoms with Crippen LogP contribution >= 0.6 is 0 Å². The molecule has 0 N–H and O–H groups in total. The first kappa shape index (κ1) is 16.8. The molecule has 0 radical (unpaired) electrons. The van der Waals surface area contributed by atoms with Gasteiger partial charge in [-0.15, -0.1) is 0 Å². The minimum absolute atomic E-state index is 0.0220. The van der Waals surface area contributed by atoms with Crippen LogP contribution in [0.15, 0.2) is 18.2 Å². The maximum Gasteiger partial charge on any atom is 0.130 e. The zero-order chi connectivity index (χ0) is 16.2. The van der Waals surface area contributed by atoms with Gasteiger partial charge in [0.15, 0.2) is 0 Å². The van der Waals surface area contributed by atoms with E-state index in [0.717, 1.165) is 32.0 Å². The highest BCUT2D eigenvalue weighted by molar-refractivity contribution is 5.21. The molecule has 1 aliphatic carbocycles. The molecule has 23 heavy (non-hydrogen) atoms. The van der Waals surface area contributed by atoms with Crippen LogP contribution in [0, 0.1) is 11.6 Å². The van der Waals surface area contributed by atoms with Crippen molar-refractivity contribution in [2.45, 2.75) is 70.1 Å². The van der Waals surface area contributed by atoms with Crippen LogP contribution in [0.2, 0.25) is 0 Å². The van der Waals surface area contributed by atoms with Crippen molar-refractivity contribution in [2.24, 2.45) is 0 Å². The SMILES string of the molecule is CC(c1ccc(F)cc1F)N1CCC(OC2CCCCC2)CC1. The number of likely N-dealkylation sites (tertiary alicyclic amines) is 1. The van der Waals surface area contributed by atoms with Gasteiger partial charge in [-0.05, 0) is 38.7 Å². The second-order valence-corrected chi connectivity index (χ2v) is 6.97. The molecule has 1 aromatic carbocycles. The second kappa shape index (κ2) is 7.71. The van der Waals surface area contributed by atoms with Gasteiger partial charge in [0.2, 0.25) is 0 Å². The standard InChI is InChI=1S/C19H27F2NO/c1-14(18-8-7-15(20)13-19(18)21)22-11-9-17(10-12-22)23-16-5-3-2-4-6-16/h7-8,13-14,16-17H,2-6,9-12H2,1H3. The van der Waals surface area contributed by atoms with Crippen molar-refractivity contribution in [3.63, 3.8) is 0 Å². The largest absolute Gasteiger partial charge is 0.375 e. The molecule has 2 fully saturated rings. The Balaban J connectivity index is 1.51. The molecule has 1 atom stereocenters. The van der Waals surface area contributed by atoms with E-state index in [0.29, 0.717) is 17.8 Å². The van der Waals surface area contributed by atoms with Gasteiger partial charge in [0.1, 0.15) is 11.6 Å². The third-order valence-corrected chi connectivity index (χ3v) is 5.37. The number of ether oxygens (including phenoxy) is 1. The van der Waals surface area contributed by atoms with Crippen LogP contribution in [0.4, 0.5) is 8.78 Å². The van der Waals surface area contributed by atoms with Crippen LogP contribution < -0.4 is 0 Å². The van der Waals surface area contributed by atoms with E-state index in [2.05, 4.69) is 4.90 Å². The maximum atomic E-state index is 14.0. The van der Waals surface area contributed by atoms with Gasteiger partial charge in [0.25, 0.3) is 0 Å². The first-order valence-corrected chi connectivity index (χ1v) is 8.98. The van der Waals surface area contributed by atoms with E-state index < -0.39 is 11.6 Å². The summed E-state index contributed by atoms with van der Waals surface area (Å²) in [5, 5.41) is 0. The fraction of sp³-hybridized carbons (Fsp3) is 0.684. The Morgan fingerprint density at radius 1 is 1.00 bits per heavy atom. The van der Waals surface area contributed by atoms with Gasteiger partial charge in [-0.25, -0.2) is 8.78 Å². The van der Waals surface area contributed by atoms with Crippen molar-refractivity contribution in [3.8, 4) is 0 Å². The molecular weight excluding hydrogens is 296 g/mol. The van der Waals surface area contributed by atoms with Crippen molar-refractivity contribution >= 4 is 0 Å². The molecule has 4 heteroatoms. The minimum Gasteiger partial charge on any atom is -0.375 e. The molecule has 1 saturated carbocycles. The van der Waals surface area contributed by atoms with Crippen LogP contribution in [0.1, 0.15) is 63.5 Å². The van der Waals surface area contributed by atoms with E-state index in [1.54, 1.807) is 6.07 Å². The van der Waals surface area contributed by atoms with Gasteiger partial charge < -0.3 is 4.74 Å². The van der Waals surface area contributed by atoms with Crippen LogP contribution in [0.25, 0.3) is 0 Å². The third kappa shape index (κ3) is 4.30. The molecule has 1 aliphatic heterocycles. The lowest BCUT2D eigenvalue weighted by atomic mass is 9.96. The number of benzene rings is 1. The predicted molar refractivity (Wildman–Crippen MR) is 87.3 cm³/mol. The van der Waals surface area contributed by atoms with E-state index in [1.165, 1.54) is 38.2 Å². The molecule has 1 unspecified atom stereocenters. The fourth-order valence-corrected chi connectivity index (χ4v) is 3.91. The number of hydrogen-bond donors (Lipinski definition) is 0. The molecule has 128 valence electrons. The van der Waals surface area contributed by atoms with Crippen LogP contribution in [-0.2, 0) is 4.74 Å². The average molecular weight is 323 g/mol. The summed E-state index contributed by atoms with van der Waals surface area (Å²) in [5.74, 6) is -0.962. The van der Waals surface area contributed by atoms with Crippen molar-refractivity contribution in [3.05, 3.63) is 35.4 Å². The van der Waals surface area contributed by atoms with Crippen LogP contribution in [-0.4, -0.2) is 30.2 Å². The molecule has 1 heterocycles. The Morgan fingerprint density at radius 2 is 1.65 bits per heavy atom. The van der Waals surface area contributed by atoms with E-state index >= 15 is 0 Å².